The van der Waals surface area contributed by atoms with Crippen molar-refractivity contribution < 1.29 is 9.53 Å². The minimum absolute atomic E-state index is 0.672. The first-order valence-electron chi connectivity index (χ1n) is 5.45. The highest BCUT2D eigenvalue weighted by Gasteiger charge is 2.13. The van der Waals surface area contributed by atoms with E-state index >= 15 is 0 Å². The van der Waals surface area contributed by atoms with E-state index < -0.39 is 0 Å². The predicted molar refractivity (Wildman–Crippen MR) is 66.6 cm³/mol. The molecule has 0 spiro atoms. The van der Waals surface area contributed by atoms with Crippen molar-refractivity contribution in [3.63, 3.8) is 0 Å². The Morgan fingerprint density at radius 2 is 2.25 bits per heavy atom. The van der Waals surface area contributed by atoms with Gasteiger partial charge in [0.1, 0.15) is 0 Å². The molecule has 90 valence electrons. The fourth-order valence-corrected chi connectivity index (χ4v) is 2.48. The van der Waals surface area contributed by atoms with E-state index in [0.717, 1.165) is 41.5 Å². The van der Waals surface area contributed by atoms with Crippen LogP contribution in [0.15, 0.2) is 0 Å². The molecule has 0 bridgehead atoms. The number of hydrogen-bond acceptors (Lipinski definition) is 5. The number of rotatable bonds is 7. The number of likely N-dealkylation sites (N-methyl/N-ethyl adjacent to an activating group) is 1. The quantitative estimate of drug-likeness (QED) is 0.686. The van der Waals surface area contributed by atoms with Crippen LogP contribution in [0.2, 0.25) is 0 Å². The summed E-state index contributed by atoms with van der Waals surface area (Å²) in [5.41, 5.74) is 0.894. The van der Waals surface area contributed by atoms with Gasteiger partial charge in [-0.05, 0) is 13.3 Å². The highest BCUT2D eigenvalue weighted by molar-refractivity contribution is 7.17. The van der Waals surface area contributed by atoms with Crippen LogP contribution in [0.1, 0.15) is 29.2 Å². The summed E-state index contributed by atoms with van der Waals surface area (Å²) in [7, 11) is 1.68. The Balaban J connectivity index is 2.83. The zero-order chi connectivity index (χ0) is 12.0. The third-order valence-corrected chi connectivity index (χ3v) is 3.46. The molecular formula is C11H18N2O2S. The number of thiazole rings is 1. The average molecular weight is 242 g/mol. The van der Waals surface area contributed by atoms with E-state index in [-0.39, 0.29) is 0 Å². The van der Waals surface area contributed by atoms with E-state index in [1.54, 1.807) is 7.11 Å². The van der Waals surface area contributed by atoms with E-state index in [2.05, 4.69) is 16.8 Å². The van der Waals surface area contributed by atoms with Crippen molar-refractivity contribution in [2.24, 2.45) is 0 Å². The summed E-state index contributed by atoms with van der Waals surface area (Å²) in [6, 6.07) is 0. The summed E-state index contributed by atoms with van der Waals surface area (Å²) in [5, 5.41) is 0.915. The SMILES string of the molecule is CCc1nc(N(CC)CCOC)sc1C=O. The van der Waals surface area contributed by atoms with Gasteiger partial charge in [-0.1, -0.05) is 18.3 Å². The second-order valence-electron chi connectivity index (χ2n) is 3.35. The lowest BCUT2D eigenvalue weighted by molar-refractivity contribution is 0.112. The number of methoxy groups -OCH3 is 1. The molecule has 0 amide bonds. The molecule has 5 heteroatoms. The molecule has 1 heterocycles. The molecule has 0 atom stereocenters. The molecule has 4 nitrogen and oxygen atoms in total. The van der Waals surface area contributed by atoms with E-state index in [0.29, 0.717) is 6.61 Å². The summed E-state index contributed by atoms with van der Waals surface area (Å²) in [6.07, 6.45) is 1.69. The molecule has 1 aromatic heterocycles. The van der Waals surface area contributed by atoms with Gasteiger partial charge in [0.05, 0.1) is 17.2 Å². The molecule has 1 rings (SSSR count). The third-order valence-electron chi connectivity index (χ3n) is 2.38. The number of carbonyl (C=O) groups excluding carboxylic acids is 1. The van der Waals surface area contributed by atoms with Crippen LogP contribution >= 0.6 is 11.3 Å². The minimum atomic E-state index is 0.672. The molecule has 0 saturated carbocycles. The number of nitrogens with zero attached hydrogens (tertiary/aromatic N) is 2. The van der Waals surface area contributed by atoms with E-state index in [1.165, 1.54) is 11.3 Å². The first-order chi connectivity index (χ1) is 7.76. The summed E-state index contributed by atoms with van der Waals surface area (Å²) in [4.78, 5) is 18.2. The number of anilines is 1. The van der Waals surface area contributed by atoms with Crippen molar-refractivity contribution in [3.05, 3.63) is 10.6 Å². The molecule has 0 aliphatic rings. The summed E-state index contributed by atoms with van der Waals surface area (Å²) in [6.45, 7) is 6.44. The third kappa shape index (κ3) is 3.02. The fourth-order valence-electron chi connectivity index (χ4n) is 1.42. The standard InChI is InChI=1S/C11H18N2O2S/c1-4-9-10(8-14)16-11(12-9)13(5-2)6-7-15-3/h8H,4-7H2,1-3H3. The highest BCUT2D eigenvalue weighted by atomic mass is 32.1. The summed E-state index contributed by atoms with van der Waals surface area (Å²) >= 11 is 1.46. The van der Waals surface area contributed by atoms with Crippen LogP contribution in [0.4, 0.5) is 5.13 Å². The van der Waals surface area contributed by atoms with Crippen molar-refractivity contribution in [3.8, 4) is 0 Å². The molecule has 1 aromatic rings. The van der Waals surface area contributed by atoms with Crippen LogP contribution in [0.3, 0.4) is 0 Å². The molecule has 0 aromatic carbocycles. The largest absolute Gasteiger partial charge is 0.383 e. The van der Waals surface area contributed by atoms with Crippen molar-refractivity contribution in [2.75, 3.05) is 31.7 Å². The Morgan fingerprint density at radius 3 is 2.69 bits per heavy atom. The van der Waals surface area contributed by atoms with Crippen molar-refractivity contribution in [1.82, 2.24) is 4.98 Å². The maximum absolute atomic E-state index is 10.9. The Kier molecular flexibility index (Phi) is 5.42. The number of aryl methyl sites for hydroxylation is 1. The van der Waals surface area contributed by atoms with Crippen LogP contribution in [0, 0.1) is 0 Å². The molecule has 0 radical (unpaired) electrons. The van der Waals surface area contributed by atoms with Crippen molar-refractivity contribution >= 4 is 22.8 Å². The lowest BCUT2D eigenvalue weighted by Crippen LogP contribution is -2.26. The van der Waals surface area contributed by atoms with Gasteiger partial charge in [-0.25, -0.2) is 4.98 Å². The molecule has 0 saturated heterocycles. The van der Waals surface area contributed by atoms with Crippen LogP contribution in [0.25, 0.3) is 0 Å². The van der Waals surface area contributed by atoms with Gasteiger partial charge >= 0.3 is 0 Å². The molecule has 0 fully saturated rings. The van der Waals surface area contributed by atoms with Gasteiger partial charge in [0.25, 0.3) is 0 Å². The number of carbonyl (C=O) groups is 1. The molecule has 16 heavy (non-hydrogen) atoms. The summed E-state index contributed by atoms with van der Waals surface area (Å²) < 4.78 is 5.05. The Bertz CT molecular complexity index is 339. The van der Waals surface area contributed by atoms with Gasteiger partial charge in [0, 0.05) is 20.2 Å². The maximum atomic E-state index is 10.9. The first kappa shape index (κ1) is 13.1. The Hall–Kier alpha value is -0.940. The number of aromatic nitrogens is 1. The first-order valence-corrected chi connectivity index (χ1v) is 6.27. The van der Waals surface area contributed by atoms with Gasteiger partial charge in [-0.15, -0.1) is 0 Å². The van der Waals surface area contributed by atoms with Crippen molar-refractivity contribution in [1.29, 1.82) is 0 Å². The van der Waals surface area contributed by atoms with E-state index in [9.17, 15) is 4.79 Å². The predicted octanol–water partition coefficient (Wildman–Crippen LogP) is 1.99. The van der Waals surface area contributed by atoms with E-state index in [4.69, 9.17) is 4.74 Å². The number of hydrogen-bond donors (Lipinski definition) is 0. The second-order valence-corrected chi connectivity index (χ2v) is 4.36. The molecule has 0 aliphatic carbocycles. The Labute approximate surface area is 100 Å². The van der Waals surface area contributed by atoms with Gasteiger partial charge < -0.3 is 9.64 Å². The number of ether oxygens (including phenoxy) is 1. The highest BCUT2D eigenvalue weighted by Crippen LogP contribution is 2.25. The normalized spacial score (nSPS) is 10.4. The van der Waals surface area contributed by atoms with Gasteiger partial charge in [-0.3, -0.25) is 4.79 Å². The van der Waals surface area contributed by atoms with Crippen LogP contribution < -0.4 is 4.90 Å². The minimum Gasteiger partial charge on any atom is -0.383 e. The smallest absolute Gasteiger partial charge is 0.186 e. The van der Waals surface area contributed by atoms with Crippen molar-refractivity contribution in [2.45, 2.75) is 20.3 Å². The fraction of sp³-hybridized carbons (Fsp3) is 0.636. The molecule has 0 N–H and O–H groups in total. The van der Waals surface area contributed by atoms with Crippen LogP contribution in [-0.2, 0) is 11.2 Å². The molecule has 0 unspecified atom stereocenters. The number of aldehydes is 1. The average Bonchev–Trinajstić information content (AvgIpc) is 2.73. The lowest BCUT2D eigenvalue weighted by atomic mass is 10.3. The summed E-state index contributed by atoms with van der Waals surface area (Å²) in [5.74, 6) is 0. The van der Waals surface area contributed by atoms with Gasteiger partial charge in [-0.2, -0.15) is 0 Å². The zero-order valence-electron chi connectivity index (χ0n) is 10.0. The van der Waals surface area contributed by atoms with Gasteiger partial charge in [0.15, 0.2) is 11.4 Å². The zero-order valence-corrected chi connectivity index (χ0v) is 10.8. The molecular weight excluding hydrogens is 224 g/mol. The maximum Gasteiger partial charge on any atom is 0.186 e. The lowest BCUT2D eigenvalue weighted by Gasteiger charge is -2.18. The van der Waals surface area contributed by atoms with Crippen LogP contribution in [-0.4, -0.2) is 38.1 Å². The Morgan fingerprint density at radius 1 is 1.50 bits per heavy atom. The van der Waals surface area contributed by atoms with Crippen LogP contribution in [0.5, 0.6) is 0 Å². The van der Waals surface area contributed by atoms with E-state index in [1.807, 2.05) is 6.92 Å². The topological polar surface area (TPSA) is 42.4 Å². The second kappa shape index (κ2) is 6.60. The molecule has 0 aliphatic heterocycles. The van der Waals surface area contributed by atoms with Gasteiger partial charge in [0.2, 0.25) is 0 Å². The monoisotopic (exact) mass is 242 g/mol.